The molecule has 19 heavy (non-hydrogen) atoms. The summed E-state index contributed by atoms with van der Waals surface area (Å²) in [6.07, 6.45) is 1.12. The fourth-order valence-corrected chi connectivity index (χ4v) is 3.66. The molecule has 0 bridgehead atoms. The van der Waals surface area contributed by atoms with Gasteiger partial charge in [0.25, 0.3) is 0 Å². The van der Waals surface area contributed by atoms with Crippen molar-refractivity contribution in [2.75, 3.05) is 6.54 Å². The molecule has 0 fully saturated rings. The van der Waals surface area contributed by atoms with Crippen LogP contribution in [-0.2, 0) is 0 Å². The molecular weight excluding hydrogens is 274 g/mol. The van der Waals surface area contributed by atoms with Gasteiger partial charge in [-0.1, -0.05) is 36.7 Å². The largest absolute Gasteiger partial charge is 0.306 e. The minimum Gasteiger partial charge on any atom is -0.306 e. The summed E-state index contributed by atoms with van der Waals surface area (Å²) in [4.78, 5) is 1.22. The van der Waals surface area contributed by atoms with Crippen LogP contribution in [-0.4, -0.2) is 6.54 Å². The Morgan fingerprint density at radius 3 is 2.42 bits per heavy atom. The molecular formula is C16H20ClNS. The molecule has 1 unspecified atom stereocenters. The van der Waals surface area contributed by atoms with E-state index < -0.39 is 0 Å². The topological polar surface area (TPSA) is 12.0 Å². The highest BCUT2D eigenvalue weighted by molar-refractivity contribution is 7.10. The lowest BCUT2D eigenvalue weighted by atomic mass is 9.95. The Hall–Kier alpha value is -0.830. The van der Waals surface area contributed by atoms with Gasteiger partial charge in [-0.05, 0) is 54.9 Å². The third-order valence-corrected chi connectivity index (χ3v) is 4.76. The van der Waals surface area contributed by atoms with Crippen LogP contribution in [0.25, 0.3) is 0 Å². The minimum atomic E-state index is 0.202. The first-order chi connectivity index (χ1) is 9.15. The second kappa shape index (κ2) is 6.56. The molecule has 1 heterocycles. The van der Waals surface area contributed by atoms with Crippen molar-refractivity contribution in [3.05, 3.63) is 56.2 Å². The summed E-state index contributed by atoms with van der Waals surface area (Å²) in [5.74, 6) is 0. The summed E-state index contributed by atoms with van der Waals surface area (Å²) < 4.78 is 0. The van der Waals surface area contributed by atoms with Gasteiger partial charge in [-0.2, -0.15) is 0 Å². The van der Waals surface area contributed by atoms with Gasteiger partial charge >= 0.3 is 0 Å². The van der Waals surface area contributed by atoms with Gasteiger partial charge in [0.2, 0.25) is 0 Å². The van der Waals surface area contributed by atoms with Crippen LogP contribution in [0.5, 0.6) is 0 Å². The third-order valence-electron chi connectivity index (χ3n) is 3.34. The van der Waals surface area contributed by atoms with Crippen molar-refractivity contribution in [3.8, 4) is 0 Å². The Morgan fingerprint density at radius 1 is 1.21 bits per heavy atom. The lowest BCUT2D eigenvalue weighted by Gasteiger charge is -2.22. The Bertz CT molecular complexity index is 527. The standard InChI is InChI=1S/C16H20ClNS/c1-4-9-18-15(16-13(17)8-10-19-16)14-11(2)6-5-7-12(14)3/h5-8,10,15,18H,4,9H2,1-3H3. The molecule has 1 aromatic carbocycles. The van der Waals surface area contributed by atoms with E-state index in [0.29, 0.717) is 0 Å². The quantitative estimate of drug-likeness (QED) is 0.808. The summed E-state index contributed by atoms with van der Waals surface area (Å²) in [6, 6.07) is 8.64. The van der Waals surface area contributed by atoms with Gasteiger partial charge in [0.15, 0.2) is 0 Å². The zero-order valence-electron chi connectivity index (χ0n) is 11.7. The van der Waals surface area contributed by atoms with E-state index in [9.17, 15) is 0 Å². The van der Waals surface area contributed by atoms with Gasteiger partial charge in [-0.15, -0.1) is 11.3 Å². The van der Waals surface area contributed by atoms with E-state index in [2.05, 4.69) is 49.7 Å². The zero-order chi connectivity index (χ0) is 13.8. The molecule has 1 N–H and O–H groups in total. The summed E-state index contributed by atoms with van der Waals surface area (Å²) in [5, 5.41) is 6.56. The second-order valence-electron chi connectivity index (χ2n) is 4.83. The average molecular weight is 294 g/mol. The summed E-state index contributed by atoms with van der Waals surface area (Å²) in [6.45, 7) is 7.52. The number of thiophene rings is 1. The van der Waals surface area contributed by atoms with Crippen LogP contribution in [0.3, 0.4) is 0 Å². The Labute approximate surface area is 124 Å². The molecule has 2 rings (SSSR count). The molecule has 0 saturated heterocycles. The van der Waals surface area contributed by atoms with Gasteiger partial charge in [0.1, 0.15) is 0 Å². The van der Waals surface area contributed by atoms with Crippen molar-refractivity contribution in [3.63, 3.8) is 0 Å². The van der Waals surface area contributed by atoms with E-state index in [1.165, 1.54) is 21.6 Å². The molecule has 0 radical (unpaired) electrons. The minimum absolute atomic E-state index is 0.202. The van der Waals surface area contributed by atoms with Crippen molar-refractivity contribution in [1.29, 1.82) is 0 Å². The summed E-state index contributed by atoms with van der Waals surface area (Å²) >= 11 is 8.06. The number of hydrogen-bond donors (Lipinski definition) is 1. The van der Waals surface area contributed by atoms with Crippen LogP contribution >= 0.6 is 22.9 Å². The zero-order valence-corrected chi connectivity index (χ0v) is 13.2. The molecule has 1 nitrogen and oxygen atoms in total. The lowest BCUT2D eigenvalue weighted by molar-refractivity contribution is 0.601. The highest BCUT2D eigenvalue weighted by Gasteiger charge is 2.20. The fourth-order valence-electron chi connectivity index (χ4n) is 2.41. The van der Waals surface area contributed by atoms with Crippen molar-refractivity contribution in [2.24, 2.45) is 0 Å². The van der Waals surface area contributed by atoms with Gasteiger partial charge in [0, 0.05) is 4.88 Å². The predicted molar refractivity (Wildman–Crippen MR) is 85.4 cm³/mol. The summed E-state index contributed by atoms with van der Waals surface area (Å²) in [5.41, 5.74) is 4.00. The molecule has 0 saturated carbocycles. The van der Waals surface area contributed by atoms with Crippen molar-refractivity contribution in [1.82, 2.24) is 5.32 Å². The molecule has 1 atom stereocenters. The number of halogens is 1. The SMILES string of the molecule is CCCNC(c1sccc1Cl)c1c(C)cccc1C. The van der Waals surface area contributed by atoms with Crippen molar-refractivity contribution < 1.29 is 0 Å². The fraction of sp³-hybridized carbons (Fsp3) is 0.375. The molecule has 0 aliphatic rings. The van der Waals surface area contributed by atoms with E-state index in [4.69, 9.17) is 11.6 Å². The number of benzene rings is 1. The molecule has 1 aromatic heterocycles. The first-order valence-electron chi connectivity index (χ1n) is 6.67. The molecule has 0 spiro atoms. The Kier molecular flexibility index (Phi) is 5.03. The maximum absolute atomic E-state index is 6.34. The first kappa shape index (κ1) is 14.6. The Balaban J connectivity index is 2.46. The van der Waals surface area contributed by atoms with Crippen LogP contribution in [0.2, 0.25) is 5.02 Å². The molecule has 3 heteroatoms. The molecule has 2 aromatic rings. The van der Waals surface area contributed by atoms with E-state index >= 15 is 0 Å². The maximum atomic E-state index is 6.34. The van der Waals surface area contributed by atoms with Gasteiger partial charge in [-0.25, -0.2) is 0 Å². The van der Waals surface area contributed by atoms with Crippen molar-refractivity contribution in [2.45, 2.75) is 33.2 Å². The number of aryl methyl sites for hydroxylation is 2. The van der Waals surface area contributed by atoms with Gasteiger partial charge in [-0.3, -0.25) is 0 Å². The Morgan fingerprint density at radius 2 is 1.89 bits per heavy atom. The smallest absolute Gasteiger partial charge is 0.0691 e. The lowest BCUT2D eigenvalue weighted by Crippen LogP contribution is -2.24. The summed E-state index contributed by atoms with van der Waals surface area (Å²) in [7, 11) is 0. The molecule has 102 valence electrons. The van der Waals surface area contributed by atoms with E-state index in [0.717, 1.165) is 18.0 Å². The monoisotopic (exact) mass is 293 g/mol. The molecule has 0 amide bonds. The van der Waals surface area contributed by atoms with Crippen LogP contribution in [0.4, 0.5) is 0 Å². The highest BCUT2D eigenvalue weighted by atomic mass is 35.5. The number of nitrogens with one attached hydrogen (secondary N) is 1. The first-order valence-corrected chi connectivity index (χ1v) is 7.93. The molecule has 0 aliphatic carbocycles. The van der Waals surface area contributed by atoms with Gasteiger partial charge in [0.05, 0.1) is 11.1 Å². The number of rotatable bonds is 5. The second-order valence-corrected chi connectivity index (χ2v) is 6.18. The maximum Gasteiger partial charge on any atom is 0.0691 e. The normalized spacial score (nSPS) is 12.6. The van der Waals surface area contributed by atoms with E-state index in [-0.39, 0.29) is 6.04 Å². The van der Waals surface area contributed by atoms with Crippen LogP contribution in [0.1, 0.15) is 41.0 Å². The average Bonchev–Trinajstić information content (AvgIpc) is 2.79. The van der Waals surface area contributed by atoms with E-state index in [1.54, 1.807) is 11.3 Å². The predicted octanol–water partition coefficient (Wildman–Crippen LogP) is 5.11. The van der Waals surface area contributed by atoms with Crippen LogP contribution < -0.4 is 5.32 Å². The highest BCUT2D eigenvalue weighted by Crippen LogP contribution is 2.35. The van der Waals surface area contributed by atoms with Crippen LogP contribution in [0.15, 0.2) is 29.6 Å². The molecule has 0 aliphatic heterocycles. The van der Waals surface area contributed by atoms with E-state index in [1.807, 2.05) is 6.07 Å². The van der Waals surface area contributed by atoms with Gasteiger partial charge < -0.3 is 5.32 Å². The third kappa shape index (κ3) is 3.19. The van der Waals surface area contributed by atoms with Crippen molar-refractivity contribution >= 4 is 22.9 Å². The number of hydrogen-bond acceptors (Lipinski definition) is 2. The van der Waals surface area contributed by atoms with Crippen LogP contribution in [0, 0.1) is 13.8 Å².